The van der Waals surface area contributed by atoms with E-state index >= 15 is 0 Å². The van der Waals surface area contributed by atoms with Gasteiger partial charge in [0.1, 0.15) is 0 Å². The summed E-state index contributed by atoms with van der Waals surface area (Å²) in [5, 5.41) is 7.31. The molecule has 1 unspecified atom stereocenters. The zero-order chi connectivity index (χ0) is 13.2. The molecule has 0 saturated heterocycles. The maximum absolute atomic E-state index is 5.21. The molecule has 0 aliphatic rings. The van der Waals surface area contributed by atoms with E-state index in [1.165, 1.54) is 0 Å². The molecule has 0 radical (unpaired) electrons. The second-order valence-electron chi connectivity index (χ2n) is 4.16. The standard InChI is InChI=1S/C12H23N3O3/c1-4-6-13-10(9-17-3)8-12-14-11(15-18-12)5-7-16-2/h10,13H,4-9H2,1-3H3. The molecule has 0 amide bonds. The molecular formula is C12H23N3O3. The van der Waals surface area contributed by atoms with Crippen molar-refractivity contribution in [1.82, 2.24) is 15.5 Å². The highest BCUT2D eigenvalue weighted by atomic mass is 16.5. The number of hydrogen-bond donors (Lipinski definition) is 1. The summed E-state index contributed by atoms with van der Waals surface area (Å²) in [6.45, 7) is 4.33. The Morgan fingerprint density at radius 3 is 2.83 bits per heavy atom. The van der Waals surface area contributed by atoms with Crippen molar-refractivity contribution in [3.8, 4) is 0 Å². The van der Waals surface area contributed by atoms with Crippen molar-refractivity contribution < 1.29 is 14.0 Å². The Morgan fingerprint density at radius 2 is 2.17 bits per heavy atom. The van der Waals surface area contributed by atoms with Crippen molar-refractivity contribution >= 4 is 0 Å². The molecule has 0 bridgehead atoms. The molecule has 1 aromatic heterocycles. The third kappa shape index (κ3) is 5.57. The van der Waals surface area contributed by atoms with Crippen LogP contribution in [0.5, 0.6) is 0 Å². The van der Waals surface area contributed by atoms with Gasteiger partial charge in [0.25, 0.3) is 0 Å². The minimum atomic E-state index is 0.214. The summed E-state index contributed by atoms with van der Waals surface area (Å²) in [6, 6.07) is 0.214. The largest absolute Gasteiger partial charge is 0.384 e. The molecule has 1 aromatic rings. The van der Waals surface area contributed by atoms with Crippen molar-refractivity contribution in [2.45, 2.75) is 32.2 Å². The van der Waals surface area contributed by atoms with Gasteiger partial charge in [-0.3, -0.25) is 0 Å². The normalized spacial score (nSPS) is 12.8. The molecule has 1 rings (SSSR count). The quantitative estimate of drug-likeness (QED) is 0.669. The van der Waals surface area contributed by atoms with Crippen molar-refractivity contribution in [3.05, 3.63) is 11.7 Å². The number of rotatable bonds is 10. The van der Waals surface area contributed by atoms with Crippen LogP contribution in [-0.2, 0) is 22.3 Å². The molecule has 1 atom stereocenters. The number of nitrogens with one attached hydrogen (secondary N) is 1. The Hall–Kier alpha value is -0.980. The van der Waals surface area contributed by atoms with E-state index in [4.69, 9.17) is 14.0 Å². The Labute approximate surface area is 108 Å². The van der Waals surface area contributed by atoms with Crippen molar-refractivity contribution in [1.29, 1.82) is 0 Å². The average molecular weight is 257 g/mol. The number of nitrogens with zero attached hydrogens (tertiary/aromatic N) is 2. The van der Waals surface area contributed by atoms with Crippen LogP contribution in [0.2, 0.25) is 0 Å². The topological polar surface area (TPSA) is 69.4 Å². The summed E-state index contributed by atoms with van der Waals surface area (Å²) in [5.74, 6) is 1.34. The van der Waals surface area contributed by atoms with Gasteiger partial charge >= 0.3 is 0 Å². The third-order valence-corrected chi connectivity index (χ3v) is 2.51. The van der Waals surface area contributed by atoms with Gasteiger partial charge in [-0.15, -0.1) is 0 Å². The molecule has 0 fully saturated rings. The Kier molecular flexibility index (Phi) is 7.55. The second-order valence-corrected chi connectivity index (χ2v) is 4.16. The van der Waals surface area contributed by atoms with Crippen LogP contribution in [0.4, 0.5) is 0 Å². The van der Waals surface area contributed by atoms with E-state index in [0.717, 1.165) is 13.0 Å². The van der Waals surface area contributed by atoms with Crippen molar-refractivity contribution in [2.24, 2.45) is 0 Å². The van der Waals surface area contributed by atoms with Crippen LogP contribution < -0.4 is 5.32 Å². The summed E-state index contributed by atoms with van der Waals surface area (Å²) in [6.07, 6.45) is 2.45. The molecule has 0 saturated carbocycles. The Bertz CT molecular complexity index is 317. The van der Waals surface area contributed by atoms with Crippen LogP contribution in [0.1, 0.15) is 25.1 Å². The lowest BCUT2D eigenvalue weighted by molar-refractivity contribution is 0.161. The molecule has 0 spiro atoms. The van der Waals surface area contributed by atoms with Gasteiger partial charge in [0.15, 0.2) is 5.82 Å². The number of methoxy groups -OCH3 is 2. The highest BCUT2D eigenvalue weighted by Gasteiger charge is 2.13. The predicted molar refractivity (Wildman–Crippen MR) is 67.5 cm³/mol. The van der Waals surface area contributed by atoms with E-state index in [9.17, 15) is 0 Å². The SMILES string of the molecule is CCCNC(COC)Cc1nc(CCOC)no1. The Balaban J connectivity index is 2.43. The number of ether oxygens (including phenoxy) is 2. The van der Waals surface area contributed by atoms with Crippen LogP contribution in [0.15, 0.2) is 4.52 Å². The van der Waals surface area contributed by atoms with Crippen LogP contribution in [0, 0.1) is 0 Å². The molecule has 6 nitrogen and oxygen atoms in total. The van der Waals surface area contributed by atoms with Gasteiger partial charge in [0.05, 0.1) is 13.2 Å². The van der Waals surface area contributed by atoms with E-state index in [-0.39, 0.29) is 6.04 Å². The average Bonchev–Trinajstić information content (AvgIpc) is 2.81. The third-order valence-electron chi connectivity index (χ3n) is 2.51. The number of hydrogen-bond acceptors (Lipinski definition) is 6. The van der Waals surface area contributed by atoms with Gasteiger partial charge in [0.2, 0.25) is 5.89 Å². The predicted octanol–water partition coefficient (Wildman–Crippen LogP) is 0.816. The van der Waals surface area contributed by atoms with Crippen LogP contribution in [-0.4, -0.2) is 50.2 Å². The maximum atomic E-state index is 5.21. The smallest absolute Gasteiger partial charge is 0.228 e. The summed E-state index contributed by atoms with van der Waals surface area (Å²) in [7, 11) is 3.35. The first-order valence-electron chi connectivity index (χ1n) is 6.32. The van der Waals surface area contributed by atoms with Gasteiger partial charge in [0, 0.05) is 33.1 Å². The monoisotopic (exact) mass is 257 g/mol. The second kappa shape index (κ2) is 9.02. The van der Waals surface area contributed by atoms with Crippen LogP contribution in [0.25, 0.3) is 0 Å². The summed E-state index contributed by atoms with van der Waals surface area (Å²) in [5.41, 5.74) is 0. The fraction of sp³-hybridized carbons (Fsp3) is 0.833. The van der Waals surface area contributed by atoms with Gasteiger partial charge in [-0.25, -0.2) is 0 Å². The van der Waals surface area contributed by atoms with Gasteiger partial charge in [-0.2, -0.15) is 4.98 Å². The molecule has 0 aliphatic heterocycles. The summed E-state index contributed by atoms with van der Waals surface area (Å²) < 4.78 is 15.4. The van der Waals surface area contributed by atoms with Crippen LogP contribution >= 0.6 is 0 Å². The molecular weight excluding hydrogens is 234 g/mol. The minimum absolute atomic E-state index is 0.214. The van der Waals surface area contributed by atoms with Crippen molar-refractivity contribution in [3.63, 3.8) is 0 Å². The zero-order valence-corrected chi connectivity index (χ0v) is 11.4. The zero-order valence-electron chi connectivity index (χ0n) is 11.4. The van der Waals surface area contributed by atoms with Gasteiger partial charge in [-0.05, 0) is 13.0 Å². The van der Waals surface area contributed by atoms with E-state index in [2.05, 4.69) is 22.4 Å². The van der Waals surface area contributed by atoms with E-state index in [1.807, 2.05) is 0 Å². The van der Waals surface area contributed by atoms with Crippen LogP contribution in [0.3, 0.4) is 0 Å². The molecule has 104 valence electrons. The summed E-state index contributed by atoms with van der Waals surface area (Å²) >= 11 is 0. The number of aromatic nitrogens is 2. The van der Waals surface area contributed by atoms with E-state index < -0.39 is 0 Å². The first-order valence-corrected chi connectivity index (χ1v) is 6.32. The lowest BCUT2D eigenvalue weighted by Crippen LogP contribution is -2.35. The summed E-state index contributed by atoms with van der Waals surface area (Å²) in [4.78, 5) is 4.32. The van der Waals surface area contributed by atoms with Gasteiger partial charge < -0.3 is 19.3 Å². The molecule has 1 heterocycles. The molecule has 0 aliphatic carbocycles. The lowest BCUT2D eigenvalue weighted by Gasteiger charge is -2.15. The fourth-order valence-electron chi connectivity index (χ4n) is 1.62. The highest BCUT2D eigenvalue weighted by molar-refractivity contribution is 4.90. The van der Waals surface area contributed by atoms with E-state index in [1.54, 1.807) is 14.2 Å². The molecule has 18 heavy (non-hydrogen) atoms. The molecule has 6 heteroatoms. The fourth-order valence-corrected chi connectivity index (χ4v) is 1.62. The maximum Gasteiger partial charge on any atom is 0.228 e. The Morgan fingerprint density at radius 1 is 1.33 bits per heavy atom. The lowest BCUT2D eigenvalue weighted by atomic mass is 10.2. The first-order chi connectivity index (χ1) is 8.80. The minimum Gasteiger partial charge on any atom is -0.384 e. The molecule has 0 aromatic carbocycles. The van der Waals surface area contributed by atoms with Crippen molar-refractivity contribution in [2.75, 3.05) is 34.0 Å². The highest BCUT2D eigenvalue weighted by Crippen LogP contribution is 2.03. The van der Waals surface area contributed by atoms with Gasteiger partial charge in [-0.1, -0.05) is 12.1 Å². The first kappa shape index (κ1) is 15.1. The van der Waals surface area contributed by atoms with E-state index in [0.29, 0.717) is 37.8 Å². The molecule has 1 N–H and O–H groups in total.